The second-order valence-corrected chi connectivity index (χ2v) is 8.57. The molecule has 27 heavy (non-hydrogen) atoms. The SMILES string of the molecule is O=C(Nc1cccc2cccnc12)c1ccnc(NC2CCS(=O)(=O)C2)n1. The molecular formula is C18H17N5O3S. The third kappa shape index (κ3) is 3.87. The van der Waals surface area contributed by atoms with Gasteiger partial charge in [0, 0.05) is 23.8 Å². The van der Waals surface area contributed by atoms with Gasteiger partial charge in [-0.1, -0.05) is 18.2 Å². The third-order valence-electron chi connectivity index (χ3n) is 4.33. The first-order chi connectivity index (χ1) is 13.0. The Kier molecular flexibility index (Phi) is 4.44. The summed E-state index contributed by atoms with van der Waals surface area (Å²) in [6, 6.07) is 10.5. The normalized spacial score (nSPS) is 18.3. The van der Waals surface area contributed by atoms with Gasteiger partial charge in [0.1, 0.15) is 5.69 Å². The Hall–Kier alpha value is -3.07. The van der Waals surface area contributed by atoms with E-state index in [1.165, 1.54) is 12.3 Å². The minimum Gasteiger partial charge on any atom is -0.350 e. The van der Waals surface area contributed by atoms with E-state index in [1.807, 2.05) is 24.3 Å². The number of para-hydroxylation sites is 1. The van der Waals surface area contributed by atoms with Gasteiger partial charge in [-0.25, -0.2) is 18.4 Å². The molecule has 8 nitrogen and oxygen atoms in total. The zero-order valence-corrected chi connectivity index (χ0v) is 15.1. The number of amides is 1. The molecule has 0 saturated carbocycles. The van der Waals surface area contributed by atoms with Crippen LogP contribution in [0.5, 0.6) is 0 Å². The lowest BCUT2D eigenvalue weighted by atomic mass is 10.2. The molecule has 1 unspecified atom stereocenters. The van der Waals surface area contributed by atoms with E-state index in [-0.39, 0.29) is 29.2 Å². The van der Waals surface area contributed by atoms with E-state index in [0.717, 1.165) is 5.39 Å². The van der Waals surface area contributed by atoms with Gasteiger partial charge in [-0.3, -0.25) is 9.78 Å². The molecule has 9 heteroatoms. The highest BCUT2D eigenvalue weighted by atomic mass is 32.2. The predicted molar refractivity (Wildman–Crippen MR) is 102 cm³/mol. The lowest BCUT2D eigenvalue weighted by Crippen LogP contribution is -2.23. The molecule has 3 aromatic rings. The molecule has 0 aliphatic carbocycles. The Labute approximate surface area is 156 Å². The van der Waals surface area contributed by atoms with Crippen LogP contribution in [0, 0.1) is 0 Å². The van der Waals surface area contributed by atoms with Crippen LogP contribution >= 0.6 is 0 Å². The van der Waals surface area contributed by atoms with Crippen molar-refractivity contribution in [1.29, 1.82) is 0 Å². The van der Waals surface area contributed by atoms with E-state index in [1.54, 1.807) is 12.3 Å². The van der Waals surface area contributed by atoms with Crippen molar-refractivity contribution in [2.24, 2.45) is 0 Å². The first kappa shape index (κ1) is 17.3. The molecule has 1 saturated heterocycles. The average molecular weight is 383 g/mol. The van der Waals surface area contributed by atoms with Crippen LogP contribution in [0.1, 0.15) is 16.9 Å². The van der Waals surface area contributed by atoms with E-state index in [2.05, 4.69) is 25.6 Å². The van der Waals surface area contributed by atoms with Crippen molar-refractivity contribution >= 4 is 38.3 Å². The highest BCUT2D eigenvalue weighted by Crippen LogP contribution is 2.21. The summed E-state index contributed by atoms with van der Waals surface area (Å²) in [6.07, 6.45) is 3.64. The van der Waals surface area contributed by atoms with Gasteiger partial charge in [0.15, 0.2) is 9.84 Å². The van der Waals surface area contributed by atoms with Crippen molar-refractivity contribution in [2.45, 2.75) is 12.5 Å². The minimum absolute atomic E-state index is 0.0501. The van der Waals surface area contributed by atoms with Crippen LogP contribution in [-0.4, -0.2) is 46.8 Å². The van der Waals surface area contributed by atoms with Crippen molar-refractivity contribution in [3.63, 3.8) is 0 Å². The number of carbonyl (C=O) groups is 1. The highest BCUT2D eigenvalue weighted by molar-refractivity contribution is 7.91. The van der Waals surface area contributed by atoms with Gasteiger partial charge >= 0.3 is 0 Å². The number of anilines is 2. The number of benzene rings is 1. The summed E-state index contributed by atoms with van der Waals surface area (Å²) in [6.45, 7) is 0. The number of rotatable bonds is 4. The lowest BCUT2D eigenvalue weighted by Gasteiger charge is -2.11. The molecule has 1 aromatic carbocycles. The number of pyridine rings is 1. The second-order valence-electron chi connectivity index (χ2n) is 6.34. The van der Waals surface area contributed by atoms with E-state index in [9.17, 15) is 13.2 Å². The Bertz CT molecular complexity index is 1110. The van der Waals surface area contributed by atoms with Crippen molar-refractivity contribution < 1.29 is 13.2 Å². The van der Waals surface area contributed by atoms with Crippen LogP contribution in [0.15, 0.2) is 48.8 Å². The first-order valence-corrected chi connectivity index (χ1v) is 10.3. The fraction of sp³-hybridized carbons (Fsp3) is 0.222. The van der Waals surface area contributed by atoms with Gasteiger partial charge in [0.05, 0.1) is 22.7 Å². The molecule has 1 aliphatic heterocycles. The zero-order chi connectivity index (χ0) is 18.9. The lowest BCUT2D eigenvalue weighted by molar-refractivity contribution is 0.102. The summed E-state index contributed by atoms with van der Waals surface area (Å²) in [5.41, 5.74) is 1.46. The summed E-state index contributed by atoms with van der Waals surface area (Å²) in [4.78, 5) is 25.2. The highest BCUT2D eigenvalue weighted by Gasteiger charge is 2.28. The Morgan fingerprint density at radius 1 is 1.07 bits per heavy atom. The molecule has 0 bridgehead atoms. The number of sulfone groups is 1. The van der Waals surface area contributed by atoms with Crippen molar-refractivity contribution in [2.75, 3.05) is 22.1 Å². The number of nitrogens with one attached hydrogen (secondary N) is 2. The third-order valence-corrected chi connectivity index (χ3v) is 6.10. The van der Waals surface area contributed by atoms with E-state index >= 15 is 0 Å². The van der Waals surface area contributed by atoms with Gasteiger partial charge < -0.3 is 10.6 Å². The maximum atomic E-state index is 12.6. The summed E-state index contributed by atoms with van der Waals surface area (Å²) in [5, 5.41) is 6.73. The van der Waals surface area contributed by atoms with Gasteiger partial charge in [-0.05, 0) is 24.6 Å². The van der Waals surface area contributed by atoms with Crippen LogP contribution in [-0.2, 0) is 9.84 Å². The Morgan fingerprint density at radius 2 is 1.93 bits per heavy atom. The molecule has 1 aliphatic rings. The molecule has 1 amide bonds. The van der Waals surface area contributed by atoms with Gasteiger partial charge in [0.25, 0.3) is 5.91 Å². The maximum absolute atomic E-state index is 12.6. The standard InChI is InChI=1S/C18H17N5O3S/c24-17(22-14-5-1-3-12-4-2-8-19-16(12)14)15-6-9-20-18(23-15)21-13-7-10-27(25,26)11-13/h1-6,8-9,13H,7,10-11H2,(H,22,24)(H,20,21,23). The van der Waals surface area contributed by atoms with Gasteiger partial charge in [-0.15, -0.1) is 0 Å². The van der Waals surface area contributed by atoms with Crippen molar-refractivity contribution in [1.82, 2.24) is 15.0 Å². The van der Waals surface area contributed by atoms with Crippen LogP contribution < -0.4 is 10.6 Å². The number of fused-ring (bicyclic) bond motifs is 1. The Balaban J connectivity index is 1.52. The van der Waals surface area contributed by atoms with E-state index in [0.29, 0.717) is 17.6 Å². The molecule has 1 fully saturated rings. The predicted octanol–water partition coefficient (Wildman–Crippen LogP) is 1.88. The second kappa shape index (κ2) is 6.92. The first-order valence-electron chi connectivity index (χ1n) is 8.45. The number of carbonyl (C=O) groups excluding carboxylic acids is 1. The summed E-state index contributed by atoms with van der Waals surface area (Å²) >= 11 is 0. The molecule has 3 heterocycles. The zero-order valence-electron chi connectivity index (χ0n) is 14.3. The smallest absolute Gasteiger partial charge is 0.274 e. The molecule has 2 aromatic heterocycles. The van der Waals surface area contributed by atoms with Crippen molar-refractivity contribution in [3.8, 4) is 0 Å². The maximum Gasteiger partial charge on any atom is 0.274 e. The van der Waals surface area contributed by atoms with Crippen molar-refractivity contribution in [3.05, 3.63) is 54.5 Å². The van der Waals surface area contributed by atoms with E-state index < -0.39 is 15.7 Å². The van der Waals surface area contributed by atoms with Crippen LogP contribution in [0.3, 0.4) is 0 Å². The number of hydrogen-bond acceptors (Lipinski definition) is 7. The number of aromatic nitrogens is 3. The molecular weight excluding hydrogens is 366 g/mol. The molecule has 0 radical (unpaired) electrons. The summed E-state index contributed by atoms with van der Waals surface area (Å²) in [7, 11) is -3.01. The Morgan fingerprint density at radius 3 is 2.74 bits per heavy atom. The summed E-state index contributed by atoms with van der Waals surface area (Å²) in [5.74, 6) is 0.0475. The molecule has 0 spiro atoms. The van der Waals surface area contributed by atoms with Crippen LogP contribution in [0.25, 0.3) is 10.9 Å². The fourth-order valence-electron chi connectivity index (χ4n) is 3.04. The molecule has 2 N–H and O–H groups in total. The monoisotopic (exact) mass is 383 g/mol. The molecule has 4 rings (SSSR count). The van der Waals surface area contributed by atoms with Crippen LogP contribution in [0.4, 0.5) is 11.6 Å². The van der Waals surface area contributed by atoms with Gasteiger partial charge in [0.2, 0.25) is 5.95 Å². The quantitative estimate of drug-likeness (QED) is 0.707. The largest absolute Gasteiger partial charge is 0.350 e. The molecule has 1 atom stereocenters. The summed E-state index contributed by atoms with van der Waals surface area (Å²) < 4.78 is 23.1. The topological polar surface area (TPSA) is 114 Å². The number of hydrogen-bond donors (Lipinski definition) is 2. The van der Waals surface area contributed by atoms with Crippen LogP contribution in [0.2, 0.25) is 0 Å². The average Bonchev–Trinajstić information content (AvgIpc) is 3.00. The fourth-order valence-corrected chi connectivity index (χ4v) is 4.71. The number of nitrogens with zero attached hydrogens (tertiary/aromatic N) is 3. The van der Waals surface area contributed by atoms with Gasteiger partial charge in [-0.2, -0.15) is 0 Å². The van der Waals surface area contributed by atoms with E-state index in [4.69, 9.17) is 0 Å². The molecule has 138 valence electrons. The minimum atomic E-state index is -3.01.